The van der Waals surface area contributed by atoms with E-state index < -0.39 is 12.1 Å². The van der Waals surface area contributed by atoms with Gasteiger partial charge in [0, 0.05) is 0 Å². The Hall–Kier alpha value is -0.470. The summed E-state index contributed by atoms with van der Waals surface area (Å²) < 4.78 is 37.0. The predicted octanol–water partition coefficient (Wildman–Crippen LogP) is 4.32. The highest BCUT2D eigenvalue weighted by Crippen LogP contribution is 2.41. The number of alkyl halides is 3. The van der Waals surface area contributed by atoms with Crippen LogP contribution in [0.3, 0.4) is 0 Å². The molecule has 1 unspecified atom stereocenters. The van der Waals surface area contributed by atoms with Gasteiger partial charge in [0.1, 0.15) is 0 Å². The van der Waals surface area contributed by atoms with Gasteiger partial charge in [-0.1, -0.05) is 32.4 Å². The summed E-state index contributed by atoms with van der Waals surface area (Å²) in [5.41, 5.74) is 1.19. The van der Waals surface area contributed by atoms with Crippen LogP contribution in [0.1, 0.15) is 40.0 Å². The van der Waals surface area contributed by atoms with Crippen LogP contribution in [0, 0.1) is 11.3 Å². The zero-order valence-electron chi connectivity index (χ0n) is 8.91. The molecule has 0 nitrogen and oxygen atoms in total. The molecule has 1 rings (SSSR count). The Morgan fingerprint density at radius 2 is 1.79 bits per heavy atom. The van der Waals surface area contributed by atoms with Gasteiger partial charge in [0.2, 0.25) is 0 Å². The highest BCUT2D eigenvalue weighted by molar-refractivity contribution is 5.14. The van der Waals surface area contributed by atoms with Crippen LogP contribution in [0.2, 0.25) is 0 Å². The fraction of sp³-hybridized carbons (Fsp3) is 0.818. The van der Waals surface area contributed by atoms with E-state index in [1.807, 2.05) is 20.8 Å². The zero-order valence-corrected chi connectivity index (χ0v) is 8.91. The second-order valence-corrected chi connectivity index (χ2v) is 4.99. The lowest BCUT2D eigenvalue weighted by molar-refractivity contribution is -0.176. The summed E-state index contributed by atoms with van der Waals surface area (Å²) in [5, 5.41) is 0. The lowest BCUT2D eigenvalue weighted by Gasteiger charge is -2.30. The minimum Gasteiger partial charge on any atom is -0.171 e. The topological polar surface area (TPSA) is 0 Å². The third kappa shape index (κ3) is 2.76. The lowest BCUT2D eigenvalue weighted by atomic mass is 9.77. The first kappa shape index (κ1) is 11.6. The largest absolute Gasteiger partial charge is 0.392 e. The van der Waals surface area contributed by atoms with Gasteiger partial charge in [0.15, 0.2) is 0 Å². The first-order valence-electron chi connectivity index (χ1n) is 4.97. The summed E-state index contributed by atoms with van der Waals surface area (Å²) in [4.78, 5) is 0. The van der Waals surface area contributed by atoms with Crippen LogP contribution >= 0.6 is 0 Å². The van der Waals surface area contributed by atoms with Crippen LogP contribution in [0.4, 0.5) is 13.2 Å². The fourth-order valence-electron chi connectivity index (χ4n) is 1.81. The molecule has 1 aliphatic carbocycles. The summed E-state index contributed by atoms with van der Waals surface area (Å²) in [7, 11) is 0. The molecule has 3 heteroatoms. The molecule has 1 aliphatic rings. The van der Waals surface area contributed by atoms with Crippen LogP contribution in [0.25, 0.3) is 0 Å². The molecule has 1 atom stereocenters. The number of allylic oxidation sites excluding steroid dienone is 2. The van der Waals surface area contributed by atoms with Gasteiger partial charge >= 0.3 is 6.18 Å². The summed E-state index contributed by atoms with van der Waals surface area (Å²) in [5.74, 6) is -1.12. The molecular weight excluding hydrogens is 189 g/mol. The Balaban J connectivity index is 2.65. The quantitative estimate of drug-likeness (QED) is 0.518. The van der Waals surface area contributed by atoms with Crippen molar-refractivity contribution in [3.8, 4) is 0 Å². The average Bonchev–Trinajstić information content (AvgIpc) is 2.01. The third-order valence-corrected chi connectivity index (χ3v) is 2.84. The molecule has 0 aromatic carbocycles. The number of halogens is 3. The molecule has 82 valence electrons. The van der Waals surface area contributed by atoms with Gasteiger partial charge in [-0.2, -0.15) is 13.2 Å². The van der Waals surface area contributed by atoms with Gasteiger partial charge in [0.05, 0.1) is 5.92 Å². The maximum absolute atomic E-state index is 12.3. The Kier molecular flexibility index (Phi) is 2.98. The van der Waals surface area contributed by atoms with Gasteiger partial charge < -0.3 is 0 Å². The molecule has 0 spiro atoms. The normalized spacial score (nSPS) is 24.7. The van der Waals surface area contributed by atoms with E-state index in [9.17, 15) is 13.2 Å². The summed E-state index contributed by atoms with van der Waals surface area (Å²) in [6.07, 6.45) is -1.22. The van der Waals surface area contributed by atoms with Crippen molar-refractivity contribution in [2.24, 2.45) is 11.3 Å². The first-order valence-corrected chi connectivity index (χ1v) is 4.97. The van der Waals surface area contributed by atoms with E-state index in [2.05, 4.69) is 0 Å². The Morgan fingerprint density at radius 1 is 1.21 bits per heavy atom. The second-order valence-electron chi connectivity index (χ2n) is 4.99. The van der Waals surface area contributed by atoms with Crippen LogP contribution in [-0.4, -0.2) is 6.18 Å². The van der Waals surface area contributed by atoms with E-state index >= 15 is 0 Å². The lowest BCUT2D eigenvalue weighted by Crippen LogP contribution is -2.26. The molecule has 0 N–H and O–H groups in total. The van der Waals surface area contributed by atoms with E-state index in [4.69, 9.17) is 0 Å². The molecular formula is C11H17F3. The van der Waals surface area contributed by atoms with Crippen molar-refractivity contribution in [3.63, 3.8) is 0 Å². The monoisotopic (exact) mass is 206 g/mol. The van der Waals surface area contributed by atoms with E-state index in [0.29, 0.717) is 6.42 Å². The standard InChI is InChI=1S/C11H17F3/c1-10(2,3)8-4-6-9(7-5-8)11(12,13)14/h4,9H,5-7H2,1-3H3. The van der Waals surface area contributed by atoms with Crippen molar-refractivity contribution in [3.05, 3.63) is 11.6 Å². The van der Waals surface area contributed by atoms with Crippen molar-refractivity contribution < 1.29 is 13.2 Å². The van der Waals surface area contributed by atoms with Crippen LogP contribution in [0.15, 0.2) is 11.6 Å². The van der Waals surface area contributed by atoms with E-state index in [-0.39, 0.29) is 18.3 Å². The number of rotatable bonds is 0. The van der Waals surface area contributed by atoms with Gasteiger partial charge in [-0.25, -0.2) is 0 Å². The van der Waals surface area contributed by atoms with Crippen molar-refractivity contribution in [1.29, 1.82) is 0 Å². The summed E-state index contributed by atoms with van der Waals surface area (Å²) in [6.45, 7) is 6.15. The average molecular weight is 206 g/mol. The summed E-state index contributed by atoms with van der Waals surface area (Å²) in [6, 6.07) is 0. The van der Waals surface area contributed by atoms with Crippen molar-refractivity contribution in [2.45, 2.75) is 46.2 Å². The molecule has 0 aromatic rings. The van der Waals surface area contributed by atoms with Crippen LogP contribution in [0.5, 0.6) is 0 Å². The summed E-state index contributed by atoms with van der Waals surface area (Å²) >= 11 is 0. The molecule has 14 heavy (non-hydrogen) atoms. The van der Waals surface area contributed by atoms with Crippen molar-refractivity contribution in [1.82, 2.24) is 0 Å². The van der Waals surface area contributed by atoms with Crippen LogP contribution < -0.4 is 0 Å². The van der Waals surface area contributed by atoms with Gasteiger partial charge in [-0.05, 0) is 24.7 Å². The fourth-order valence-corrected chi connectivity index (χ4v) is 1.81. The highest BCUT2D eigenvalue weighted by atomic mass is 19.4. The number of hydrogen-bond acceptors (Lipinski definition) is 0. The van der Waals surface area contributed by atoms with Crippen molar-refractivity contribution in [2.75, 3.05) is 0 Å². The highest BCUT2D eigenvalue weighted by Gasteiger charge is 2.40. The molecule has 0 radical (unpaired) electrons. The zero-order chi connectivity index (χ0) is 11.0. The Bertz CT molecular complexity index is 230. The van der Waals surface area contributed by atoms with Crippen molar-refractivity contribution >= 4 is 0 Å². The molecule has 0 heterocycles. The van der Waals surface area contributed by atoms with E-state index in [1.54, 1.807) is 6.08 Å². The molecule has 0 aliphatic heterocycles. The molecule has 0 amide bonds. The minimum absolute atomic E-state index is 0.0244. The molecule has 0 fully saturated rings. The molecule has 0 saturated heterocycles. The number of hydrogen-bond donors (Lipinski definition) is 0. The predicted molar refractivity (Wildman–Crippen MR) is 50.9 cm³/mol. The minimum atomic E-state index is -4.01. The smallest absolute Gasteiger partial charge is 0.171 e. The van der Waals surface area contributed by atoms with E-state index in [0.717, 1.165) is 5.57 Å². The second kappa shape index (κ2) is 3.59. The maximum atomic E-state index is 12.3. The van der Waals surface area contributed by atoms with Gasteiger partial charge in [-0.3, -0.25) is 0 Å². The van der Waals surface area contributed by atoms with Crippen LogP contribution in [-0.2, 0) is 0 Å². The Morgan fingerprint density at radius 3 is 2.07 bits per heavy atom. The first-order chi connectivity index (χ1) is 6.21. The maximum Gasteiger partial charge on any atom is 0.392 e. The Labute approximate surface area is 83.2 Å². The van der Waals surface area contributed by atoms with E-state index in [1.165, 1.54) is 0 Å². The molecule has 0 aromatic heterocycles. The third-order valence-electron chi connectivity index (χ3n) is 2.84. The van der Waals surface area contributed by atoms with Gasteiger partial charge in [0.25, 0.3) is 0 Å². The molecule has 0 bridgehead atoms. The molecule has 0 saturated carbocycles. The van der Waals surface area contributed by atoms with Gasteiger partial charge in [-0.15, -0.1) is 0 Å². The SMILES string of the molecule is CC(C)(C)C1=CCC(C(F)(F)F)CC1.